The topological polar surface area (TPSA) is 99.4 Å². The minimum Gasteiger partial charge on any atom is -0.465 e. The van der Waals surface area contributed by atoms with Crippen LogP contribution in [0, 0.1) is 0 Å². The first kappa shape index (κ1) is 16.1. The molecule has 1 aliphatic heterocycles. The Bertz CT molecular complexity index is 1290. The van der Waals surface area contributed by atoms with Crippen molar-refractivity contribution in [2.75, 3.05) is 4.90 Å². The fourth-order valence-corrected chi connectivity index (χ4v) is 4.00. The van der Waals surface area contributed by atoms with Crippen LogP contribution in [-0.4, -0.2) is 21.2 Å². The third-order valence-electron chi connectivity index (χ3n) is 4.80. The number of nitrogens with one attached hydrogen (secondary N) is 1. The molecule has 5 rings (SSSR count). The van der Waals surface area contributed by atoms with Gasteiger partial charge in [-0.1, -0.05) is 34.1 Å². The highest BCUT2D eigenvalue weighted by atomic mass is 79.9. The first-order valence-corrected chi connectivity index (χ1v) is 9.04. The second-order valence-electron chi connectivity index (χ2n) is 6.37. The number of para-hydroxylation sites is 1. The van der Waals surface area contributed by atoms with Crippen LogP contribution in [0.3, 0.4) is 0 Å². The van der Waals surface area contributed by atoms with Gasteiger partial charge in [-0.3, -0.25) is 9.69 Å². The summed E-state index contributed by atoms with van der Waals surface area (Å²) in [6.07, 6.45) is -0.649. The second kappa shape index (κ2) is 5.68. The van der Waals surface area contributed by atoms with E-state index in [1.54, 1.807) is 18.2 Å². The molecule has 1 atom stereocenters. The Balaban J connectivity index is 1.74. The standard InChI is InChI=1S/C19H12BrN3O4/c20-10-5-6-14-11(8-10)15-16(27-14)18(24)22-17(21-15)13-7-9-3-1-2-4-12(9)23(13)19(25)26/h1-6,8,13H,7H2,(H,25,26)(H,21,22,24)/t13-/m0/s1. The van der Waals surface area contributed by atoms with Crippen molar-refractivity contribution >= 4 is 49.8 Å². The first-order valence-electron chi connectivity index (χ1n) is 8.25. The monoisotopic (exact) mass is 425 g/mol. The summed E-state index contributed by atoms with van der Waals surface area (Å²) in [4.78, 5) is 33.0. The van der Waals surface area contributed by atoms with Gasteiger partial charge in [0.2, 0.25) is 5.58 Å². The van der Waals surface area contributed by atoms with E-state index in [0.717, 1.165) is 10.0 Å². The molecule has 0 spiro atoms. The number of hydrogen-bond donors (Lipinski definition) is 2. The molecule has 134 valence electrons. The van der Waals surface area contributed by atoms with E-state index in [2.05, 4.69) is 25.9 Å². The summed E-state index contributed by atoms with van der Waals surface area (Å²) < 4.78 is 6.47. The summed E-state index contributed by atoms with van der Waals surface area (Å²) in [6.45, 7) is 0. The molecule has 2 aromatic heterocycles. The Morgan fingerprint density at radius 2 is 2.11 bits per heavy atom. The normalized spacial score (nSPS) is 16.2. The van der Waals surface area contributed by atoms with Crippen LogP contribution in [0.15, 0.2) is 56.1 Å². The lowest BCUT2D eigenvalue weighted by Gasteiger charge is -2.21. The van der Waals surface area contributed by atoms with E-state index in [1.165, 1.54) is 4.90 Å². The third-order valence-corrected chi connectivity index (χ3v) is 5.29. The number of furan rings is 1. The number of benzene rings is 2. The molecule has 0 saturated heterocycles. The van der Waals surface area contributed by atoms with E-state index in [-0.39, 0.29) is 5.58 Å². The van der Waals surface area contributed by atoms with Crippen molar-refractivity contribution in [1.82, 2.24) is 9.97 Å². The number of aromatic nitrogens is 2. The predicted octanol–water partition coefficient (Wildman–Crippen LogP) is 4.21. The number of anilines is 1. The number of amides is 1. The number of H-pyrrole nitrogens is 1. The van der Waals surface area contributed by atoms with E-state index < -0.39 is 17.7 Å². The first-order chi connectivity index (χ1) is 13.0. The quantitative estimate of drug-likeness (QED) is 0.475. The van der Waals surface area contributed by atoms with Crippen LogP contribution in [0.5, 0.6) is 0 Å². The predicted molar refractivity (Wildman–Crippen MR) is 103 cm³/mol. The number of hydrogen-bond acceptors (Lipinski definition) is 4. The number of nitrogens with zero attached hydrogens (tertiary/aromatic N) is 2. The number of carboxylic acid groups (broad SMARTS) is 1. The van der Waals surface area contributed by atoms with Crippen molar-refractivity contribution in [1.29, 1.82) is 0 Å². The van der Waals surface area contributed by atoms with Crippen LogP contribution in [-0.2, 0) is 6.42 Å². The van der Waals surface area contributed by atoms with Gasteiger partial charge in [-0.15, -0.1) is 0 Å². The van der Waals surface area contributed by atoms with E-state index in [0.29, 0.717) is 34.4 Å². The van der Waals surface area contributed by atoms with Crippen molar-refractivity contribution in [3.05, 3.63) is 68.7 Å². The molecule has 8 heteroatoms. The number of aromatic amines is 1. The SMILES string of the molecule is O=C(O)N1c2ccccc2C[C@H]1c1nc2c(oc3ccc(Br)cc32)c(=O)[nH]1. The summed E-state index contributed by atoms with van der Waals surface area (Å²) in [5, 5.41) is 10.4. The molecule has 1 amide bonds. The van der Waals surface area contributed by atoms with Gasteiger partial charge in [0.15, 0.2) is 0 Å². The van der Waals surface area contributed by atoms with E-state index >= 15 is 0 Å². The van der Waals surface area contributed by atoms with Crippen LogP contribution in [0.2, 0.25) is 0 Å². The molecule has 0 fully saturated rings. The highest BCUT2D eigenvalue weighted by Gasteiger charge is 2.36. The molecule has 0 bridgehead atoms. The van der Waals surface area contributed by atoms with Crippen LogP contribution in [0.1, 0.15) is 17.4 Å². The average molecular weight is 426 g/mol. The summed E-state index contributed by atoms with van der Waals surface area (Å²) in [5.41, 5.74) is 2.18. The minimum atomic E-state index is -1.09. The van der Waals surface area contributed by atoms with Crippen LogP contribution < -0.4 is 10.5 Å². The van der Waals surface area contributed by atoms with Gasteiger partial charge >= 0.3 is 6.09 Å². The highest BCUT2D eigenvalue weighted by molar-refractivity contribution is 9.10. The maximum Gasteiger partial charge on any atom is 0.412 e. The molecule has 2 N–H and O–H groups in total. The van der Waals surface area contributed by atoms with Crippen LogP contribution >= 0.6 is 15.9 Å². The molecule has 3 heterocycles. The molecule has 0 radical (unpaired) electrons. The van der Waals surface area contributed by atoms with Crippen molar-refractivity contribution in [2.24, 2.45) is 0 Å². The minimum absolute atomic E-state index is 0.129. The summed E-state index contributed by atoms with van der Waals surface area (Å²) in [7, 11) is 0. The maximum atomic E-state index is 12.6. The Labute approximate surface area is 160 Å². The fourth-order valence-electron chi connectivity index (χ4n) is 3.64. The molecular formula is C19H12BrN3O4. The second-order valence-corrected chi connectivity index (χ2v) is 7.29. The zero-order chi connectivity index (χ0) is 18.7. The lowest BCUT2D eigenvalue weighted by Crippen LogP contribution is -2.32. The van der Waals surface area contributed by atoms with E-state index in [4.69, 9.17) is 4.42 Å². The average Bonchev–Trinajstić information content (AvgIpc) is 3.20. The maximum absolute atomic E-state index is 12.6. The number of carbonyl (C=O) groups is 1. The summed E-state index contributed by atoms with van der Waals surface area (Å²) in [6, 6.07) is 12.1. The largest absolute Gasteiger partial charge is 0.465 e. The van der Waals surface area contributed by atoms with Gasteiger partial charge in [0.05, 0.1) is 5.69 Å². The molecule has 1 aliphatic rings. The molecule has 4 aromatic rings. The van der Waals surface area contributed by atoms with Crippen LogP contribution in [0.4, 0.5) is 10.5 Å². The Morgan fingerprint density at radius 3 is 2.93 bits per heavy atom. The molecule has 0 unspecified atom stereocenters. The van der Waals surface area contributed by atoms with Crippen molar-refractivity contribution in [2.45, 2.75) is 12.5 Å². The molecule has 0 saturated carbocycles. The van der Waals surface area contributed by atoms with Crippen molar-refractivity contribution < 1.29 is 14.3 Å². The van der Waals surface area contributed by atoms with Gasteiger partial charge in [-0.2, -0.15) is 0 Å². The van der Waals surface area contributed by atoms with Gasteiger partial charge in [-0.05, 0) is 29.8 Å². The smallest absolute Gasteiger partial charge is 0.412 e. The Morgan fingerprint density at radius 1 is 1.30 bits per heavy atom. The van der Waals surface area contributed by atoms with Crippen LogP contribution in [0.25, 0.3) is 22.1 Å². The van der Waals surface area contributed by atoms with E-state index in [1.807, 2.05) is 24.3 Å². The molecule has 27 heavy (non-hydrogen) atoms. The van der Waals surface area contributed by atoms with Crippen molar-refractivity contribution in [3.8, 4) is 0 Å². The van der Waals surface area contributed by atoms with Gasteiger partial charge in [0, 0.05) is 16.3 Å². The lowest BCUT2D eigenvalue weighted by atomic mass is 10.1. The highest BCUT2D eigenvalue weighted by Crippen LogP contribution is 2.39. The van der Waals surface area contributed by atoms with Gasteiger partial charge in [0.1, 0.15) is 23.0 Å². The van der Waals surface area contributed by atoms with Gasteiger partial charge < -0.3 is 14.5 Å². The molecule has 7 nitrogen and oxygen atoms in total. The molecule has 2 aromatic carbocycles. The zero-order valence-electron chi connectivity index (χ0n) is 13.8. The molecule has 0 aliphatic carbocycles. The third kappa shape index (κ3) is 2.37. The summed E-state index contributed by atoms with van der Waals surface area (Å²) in [5.74, 6) is 0.300. The van der Waals surface area contributed by atoms with Crippen molar-refractivity contribution in [3.63, 3.8) is 0 Å². The van der Waals surface area contributed by atoms with E-state index in [9.17, 15) is 14.7 Å². The number of rotatable bonds is 1. The fraction of sp³-hybridized carbons (Fsp3) is 0.105. The number of fused-ring (bicyclic) bond motifs is 4. The lowest BCUT2D eigenvalue weighted by molar-refractivity contribution is 0.199. The Kier molecular flexibility index (Phi) is 3.38. The summed E-state index contributed by atoms with van der Waals surface area (Å²) >= 11 is 3.41. The van der Waals surface area contributed by atoms with Gasteiger partial charge in [-0.25, -0.2) is 9.78 Å². The molecular weight excluding hydrogens is 414 g/mol. The Hall–Kier alpha value is -3.13. The van der Waals surface area contributed by atoms with Gasteiger partial charge in [0.25, 0.3) is 5.56 Å². The zero-order valence-corrected chi connectivity index (χ0v) is 15.4. The number of halogens is 1.